The van der Waals surface area contributed by atoms with Crippen LogP contribution in [0.5, 0.6) is 0 Å². The molecule has 0 aliphatic rings. The third kappa shape index (κ3) is 2.42. The Morgan fingerprint density at radius 3 is 2.82 bits per heavy atom. The molecule has 0 saturated heterocycles. The van der Waals surface area contributed by atoms with Gasteiger partial charge in [-0.25, -0.2) is 0 Å². The minimum absolute atomic E-state index is 0.253. The van der Waals surface area contributed by atoms with E-state index in [1.54, 1.807) is 0 Å². The van der Waals surface area contributed by atoms with E-state index in [1.807, 2.05) is 19.1 Å². The number of ketones is 1. The minimum Gasteiger partial charge on any atom is -0.293 e. The Kier molecular flexibility index (Phi) is 3.27. The molecule has 1 aromatic rings. The van der Waals surface area contributed by atoms with Gasteiger partial charge in [-0.3, -0.25) is 4.79 Å². The van der Waals surface area contributed by atoms with Gasteiger partial charge in [0.25, 0.3) is 0 Å². The first kappa shape index (κ1) is 8.94. The molecule has 0 aliphatic carbocycles. The van der Waals surface area contributed by atoms with E-state index < -0.39 is 0 Å². The van der Waals surface area contributed by atoms with E-state index in [0.717, 1.165) is 15.1 Å². The smallest absolute Gasteiger partial charge is 0.172 e. The van der Waals surface area contributed by atoms with Gasteiger partial charge >= 0.3 is 0 Å². The Balaban J connectivity index is 2.69. The number of hydrogen-bond acceptors (Lipinski definition) is 2. The molecule has 0 bridgehead atoms. The summed E-state index contributed by atoms with van der Waals surface area (Å²) in [5.41, 5.74) is 0. The van der Waals surface area contributed by atoms with Gasteiger partial charge in [-0.1, -0.05) is 6.92 Å². The Morgan fingerprint density at radius 1 is 1.64 bits per heavy atom. The maximum atomic E-state index is 11.2. The number of thiophene rings is 1. The van der Waals surface area contributed by atoms with Gasteiger partial charge in [0.05, 0.1) is 8.66 Å². The normalized spacial score (nSPS) is 10.0. The van der Waals surface area contributed by atoms with Crippen molar-refractivity contribution < 1.29 is 4.79 Å². The molecule has 0 unspecified atom stereocenters. The molecule has 0 aliphatic heterocycles. The van der Waals surface area contributed by atoms with Crippen molar-refractivity contribution in [2.45, 2.75) is 19.8 Å². The van der Waals surface area contributed by atoms with E-state index >= 15 is 0 Å². The van der Waals surface area contributed by atoms with Crippen molar-refractivity contribution in [1.29, 1.82) is 0 Å². The molecule has 0 atom stereocenters. The SMILES string of the molecule is CCCC(=O)c1ccc(Br)s1. The second-order valence-corrected chi connectivity index (χ2v) is 4.74. The van der Waals surface area contributed by atoms with Gasteiger partial charge < -0.3 is 0 Å². The quantitative estimate of drug-likeness (QED) is 0.730. The largest absolute Gasteiger partial charge is 0.293 e. The number of carbonyl (C=O) groups is 1. The van der Waals surface area contributed by atoms with Crippen molar-refractivity contribution in [3.8, 4) is 0 Å². The van der Waals surface area contributed by atoms with E-state index in [4.69, 9.17) is 0 Å². The fraction of sp³-hybridized carbons (Fsp3) is 0.375. The van der Waals surface area contributed by atoms with Crippen molar-refractivity contribution in [2.24, 2.45) is 0 Å². The van der Waals surface area contributed by atoms with Crippen LogP contribution >= 0.6 is 27.3 Å². The van der Waals surface area contributed by atoms with Crippen LogP contribution in [0.4, 0.5) is 0 Å². The maximum absolute atomic E-state index is 11.2. The predicted octanol–water partition coefficient (Wildman–Crippen LogP) is 3.49. The van der Waals surface area contributed by atoms with Gasteiger partial charge in [-0.15, -0.1) is 11.3 Å². The zero-order valence-electron chi connectivity index (χ0n) is 6.26. The zero-order chi connectivity index (χ0) is 8.27. The summed E-state index contributed by atoms with van der Waals surface area (Å²) in [5, 5.41) is 0. The topological polar surface area (TPSA) is 17.1 Å². The molecule has 1 heterocycles. The number of halogens is 1. The van der Waals surface area contributed by atoms with Crippen LogP contribution < -0.4 is 0 Å². The van der Waals surface area contributed by atoms with Crippen molar-refractivity contribution in [3.05, 3.63) is 20.8 Å². The predicted molar refractivity (Wildman–Crippen MR) is 51.3 cm³/mol. The summed E-state index contributed by atoms with van der Waals surface area (Å²) in [4.78, 5) is 12.1. The molecule has 1 nitrogen and oxygen atoms in total. The van der Waals surface area contributed by atoms with Crippen molar-refractivity contribution in [1.82, 2.24) is 0 Å². The molecular weight excluding hydrogens is 224 g/mol. The Hall–Kier alpha value is -0.150. The molecule has 60 valence electrons. The molecule has 0 N–H and O–H groups in total. The summed E-state index contributed by atoms with van der Waals surface area (Å²) < 4.78 is 1.02. The third-order valence-corrected chi connectivity index (χ3v) is 2.99. The fourth-order valence-electron chi connectivity index (χ4n) is 0.814. The summed E-state index contributed by atoms with van der Waals surface area (Å²) in [6.07, 6.45) is 1.58. The zero-order valence-corrected chi connectivity index (χ0v) is 8.67. The highest BCUT2D eigenvalue weighted by Gasteiger charge is 2.05. The van der Waals surface area contributed by atoms with Crippen LogP contribution in [0, 0.1) is 0 Å². The molecule has 0 aromatic carbocycles. The van der Waals surface area contributed by atoms with Gasteiger partial charge in [0.2, 0.25) is 0 Å². The molecule has 0 saturated carbocycles. The Labute approximate surface area is 78.6 Å². The first-order valence-corrected chi connectivity index (χ1v) is 5.13. The fourth-order valence-corrected chi connectivity index (χ4v) is 2.17. The third-order valence-electron chi connectivity index (χ3n) is 1.33. The average Bonchev–Trinajstić information content (AvgIpc) is 2.36. The summed E-state index contributed by atoms with van der Waals surface area (Å²) in [6.45, 7) is 2.01. The van der Waals surface area contributed by atoms with Crippen LogP contribution in [0.25, 0.3) is 0 Å². The highest BCUT2D eigenvalue weighted by molar-refractivity contribution is 9.11. The molecular formula is C8H9BrOS. The summed E-state index contributed by atoms with van der Waals surface area (Å²) >= 11 is 4.82. The first-order chi connectivity index (χ1) is 5.24. The molecule has 0 amide bonds. The van der Waals surface area contributed by atoms with Crippen molar-refractivity contribution in [3.63, 3.8) is 0 Å². The average molecular weight is 233 g/mol. The second-order valence-electron chi connectivity index (χ2n) is 2.28. The van der Waals surface area contributed by atoms with Gasteiger partial charge in [-0.2, -0.15) is 0 Å². The highest BCUT2D eigenvalue weighted by Crippen LogP contribution is 2.23. The maximum Gasteiger partial charge on any atom is 0.172 e. The van der Waals surface area contributed by atoms with Crippen LogP contribution in [0.2, 0.25) is 0 Å². The monoisotopic (exact) mass is 232 g/mol. The molecule has 0 spiro atoms. The summed E-state index contributed by atoms with van der Waals surface area (Å²) in [5.74, 6) is 0.253. The Morgan fingerprint density at radius 2 is 2.36 bits per heavy atom. The van der Waals surface area contributed by atoms with Gasteiger partial charge in [-0.05, 0) is 34.5 Å². The molecule has 3 heteroatoms. The van der Waals surface area contributed by atoms with Crippen LogP contribution in [0.15, 0.2) is 15.9 Å². The van der Waals surface area contributed by atoms with Crippen LogP contribution in [-0.4, -0.2) is 5.78 Å². The summed E-state index contributed by atoms with van der Waals surface area (Å²) in [6, 6.07) is 3.78. The lowest BCUT2D eigenvalue weighted by Gasteiger charge is -1.90. The van der Waals surface area contributed by atoms with E-state index in [0.29, 0.717) is 6.42 Å². The van der Waals surface area contributed by atoms with Crippen LogP contribution in [0.1, 0.15) is 29.4 Å². The second kappa shape index (κ2) is 4.02. The molecule has 0 radical (unpaired) electrons. The van der Waals surface area contributed by atoms with E-state index in [9.17, 15) is 4.79 Å². The van der Waals surface area contributed by atoms with Gasteiger partial charge in [0.15, 0.2) is 5.78 Å². The number of rotatable bonds is 3. The standard InChI is InChI=1S/C8H9BrOS/c1-2-3-6(10)7-4-5-8(9)11-7/h4-5H,2-3H2,1H3. The lowest BCUT2D eigenvalue weighted by Crippen LogP contribution is -1.93. The number of hydrogen-bond donors (Lipinski definition) is 0. The Bertz CT molecular complexity index is 254. The van der Waals surface area contributed by atoms with Crippen LogP contribution in [0.3, 0.4) is 0 Å². The van der Waals surface area contributed by atoms with Crippen LogP contribution in [-0.2, 0) is 0 Å². The van der Waals surface area contributed by atoms with Crippen molar-refractivity contribution >= 4 is 33.0 Å². The first-order valence-electron chi connectivity index (χ1n) is 3.52. The van der Waals surface area contributed by atoms with Crippen molar-refractivity contribution in [2.75, 3.05) is 0 Å². The number of Topliss-reactive ketones (excluding diaryl/α,β-unsaturated/α-hetero) is 1. The lowest BCUT2D eigenvalue weighted by molar-refractivity contribution is 0.0985. The summed E-state index contributed by atoms with van der Waals surface area (Å²) in [7, 11) is 0. The molecule has 1 aromatic heterocycles. The lowest BCUT2D eigenvalue weighted by atomic mass is 10.2. The molecule has 11 heavy (non-hydrogen) atoms. The van der Waals surface area contributed by atoms with E-state index in [2.05, 4.69) is 15.9 Å². The minimum atomic E-state index is 0.253. The van der Waals surface area contributed by atoms with E-state index in [1.165, 1.54) is 11.3 Å². The van der Waals surface area contributed by atoms with Gasteiger partial charge in [0, 0.05) is 6.42 Å². The molecule has 1 rings (SSSR count). The molecule has 0 fully saturated rings. The highest BCUT2D eigenvalue weighted by atomic mass is 79.9. The van der Waals surface area contributed by atoms with E-state index in [-0.39, 0.29) is 5.78 Å². The van der Waals surface area contributed by atoms with Gasteiger partial charge in [0.1, 0.15) is 0 Å². The number of carbonyl (C=O) groups excluding carboxylic acids is 1.